The average molecular weight is 467 g/mol. The lowest BCUT2D eigenvalue weighted by molar-refractivity contribution is 0.272. The van der Waals surface area contributed by atoms with Crippen LogP contribution in [0, 0.1) is 5.92 Å². The molecule has 6 heteroatoms. The van der Waals surface area contributed by atoms with Crippen LogP contribution in [-0.4, -0.2) is 20.8 Å². The van der Waals surface area contributed by atoms with Gasteiger partial charge in [0.15, 0.2) is 0 Å². The largest absolute Gasteiger partial charge is 0.493 e. The number of hydrogen-bond acceptors (Lipinski definition) is 4. The SMILES string of the molecule is COP(=O)(OC)c1cc(-c2ccc(CBr)cc2)ccc1OCCC1CCCC1. The van der Waals surface area contributed by atoms with Crippen molar-refractivity contribution in [1.82, 2.24) is 0 Å². The highest BCUT2D eigenvalue weighted by Gasteiger charge is 2.29. The minimum absolute atomic E-state index is 0.478. The molecule has 0 amide bonds. The Bertz CT molecular complexity index is 808. The molecular formula is C22H28BrO4P. The summed E-state index contributed by atoms with van der Waals surface area (Å²) in [5, 5.41) is 1.29. The summed E-state index contributed by atoms with van der Waals surface area (Å²) in [7, 11) is -0.618. The summed E-state index contributed by atoms with van der Waals surface area (Å²) in [6.07, 6.45) is 6.24. The van der Waals surface area contributed by atoms with Crippen molar-refractivity contribution in [3.05, 3.63) is 48.0 Å². The molecule has 28 heavy (non-hydrogen) atoms. The fourth-order valence-corrected chi connectivity index (χ4v) is 5.35. The van der Waals surface area contributed by atoms with E-state index in [0.29, 0.717) is 17.7 Å². The summed E-state index contributed by atoms with van der Waals surface area (Å²) in [5.41, 5.74) is 3.20. The smallest absolute Gasteiger partial charge is 0.364 e. The van der Waals surface area contributed by atoms with E-state index in [1.807, 2.05) is 18.2 Å². The summed E-state index contributed by atoms with van der Waals surface area (Å²) in [5.74, 6) is 1.32. The Kier molecular flexibility index (Phi) is 7.76. The van der Waals surface area contributed by atoms with Gasteiger partial charge in [0.05, 0.1) is 6.61 Å². The molecule has 0 radical (unpaired) electrons. The molecule has 0 saturated heterocycles. The van der Waals surface area contributed by atoms with Crippen LogP contribution < -0.4 is 10.0 Å². The van der Waals surface area contributed by atoms with Crippen molar-refractivity contribution in [3.8, 4) is 16.9 Å². The Balaban J connectivity index is 1.86. The quantitative estimate of drug-likeness (QED) is 0.320. The maximum Gasteiger partial charge on any atom is 0.364 e. The van der Waals surface area contributed by atoms with Crippen molar-refractivity contribution in [2.75, 3.05) is 20.8 Å². The van der Waals surface area contributed by atoms with Gasteiger partial charge >= 0.3 is 7.60 Å². The van der Waals surface area contributed by atoms with E-state index in [4.69, 9.17) is 13.8 Å². The lowest BCUT2D eigenvalue weighted by Gasteiger charge is -2.19. The van der Waals surface area contributed by atoms with Gasteiger partial charge in [-0.2, -0.15) is 0 Å². The van der Waals surface area contributed by atoms with Crippen LogP contribution in [0.5, 0.6) is 5.75 Å². The Morgan fingerprint density at radius 1 is 1.00 bits per heavy atom. The van der Waals surface area contributed by atoms with E-state index in [0.717, 1.165) is 28.8 Å². The van der Waals surface area contributed by atoms with Crippen molar-refractivity contribution in [1.29, 1.82) is 0 Å². The highest BCUT2D eigenvalue weighted by Crippen LogP contribution is 2.48. The molecule has 2 aromatic carbocycles. The molecule has 0 spiro atoms. The van der Waals surface area contributed by atoms with Gasteiger partial charge in [-0.25, -0.2) is 0 Å². The van der Waals surface area contributed by atoms with Crippen LogP contribution in [0.1, 0.15) is 37.7 Å². The van der Waals surface area contributed by atoms with Crippen LogP contribution in [0.4, 0.5) is 0 Å². The highest BCUT2D eigenvalue weighted by molar-refractivity contribution is 9.08. The second kappa shape index (κ2) is 10.1. The molecule has 0 atom stereocenters. The van der Waals surface area contributed by atoms with Crippen LogP contribution in [-0.2, 0) is 18.9 Å². The molecule has 3 rings (SSSR count). The monoisotopic (exact) mass is 466 g/mol. The summed E-state index contributed by atoms with van der Waals surface area (Å²) in [6, 6.07) is 14.0. The van der Waals surface area contributed by atoms with Gasteiger partial charge in [0, 0.05) is 19.5 Å². The molecule has 152 valence electrons. The van der Waals surface area contributed by atoms with Gasteiger partial charge in [0.25, 0.3) is 0 Å². The summed E-state index contributed by atoms with van der Waals surface area (Å²) >= 11 is 3.47. The van der Waals surface area contributed by atoms with Gasteiger partial charge in [0.2, 0.25) is 0 Å². The maximum absolute atomic E-state index is 13.1. The number of ether oxygens (including phenoxy) is 1. The van der Waals surface area contributed by atoms with E-state index in [1.54, 1.807) is 0 Å². The van der Waals surface area contributed by atoms with Crippen LogP contribution in [0.15, 0.2) is 42.5 Å². The first kappa shape index (κ1) is 21.6. The van der Waals surface area contributed by atoms with Crippen LogP contribution in [0.25, 0.3) is 11.1 Å². The Morgan fingerprint density at radius 2 is 1.64 bits per heavy atom. The van der Waals surface area contributed by atoms with Gasteiger partial charge in [0.1, 0.15) is 11.1 Å². The standard InChI is InChI=1S/C22H28BrO4P/c1-25-28(24,26-2)22-15-20(19-9-7-18(16-23)8-10-19)11-12-21(22)27-14-13-17-5-3-4-6-17/h7-12,15,17H,3-6,13-14,16H2,1-2H3. The summed E-state index contributed by atoms with van der Waals surface area (Å²) in [6.45, 7) is 0.615. The van der Waals surface area contributed by atoms with Gasteiger partial charge in [-0.3, -0.25) is 4.57 Å². The molecular weight excluding hydrogens is 439 g/mol. The number of alkyl halides is 1. The number of hydrogen-bond donors (Lipinski definition) is 0. The predicted molar refractivity (Wildman–Crippen MR) is 118 cm³/mol. The summed E-state index contributed by atoms with van der Waals surface area (Å²) < 4.78 is 29.7. The summed E-state index contributed by atoms with van der Waals surface area (Å²) in [4.78, 5) is 0. The van der Waals surface area contributed by atoms with Crippen LogP contribution >= 0.6 is 23.5 Å². The van der Waals surface area contributed by atoms with Crippen molar-refractivity contribution < 1.29 is 18.3 Å². The van der Waals surface area contributed by atoms with E-state index in [1.165, 1.54) is 45.5 Å². The molecule has 0 heterocycles. The minimum atomic E-state index is -3.43. The van der Waals surface area contributed by atoms with Gasteiger partial charge in [-0.1, -0.05) is 71.9 Å². The van der Waals surface area contributed by atoms with Crippen LogP contribution in [0.2, 0.25) is 0 Å². The first-order valence-electron chi connectivity index (χ1n) is 9.74. The zero-order valence-corrected chi connectivity index (χ0v) is 19.0. The Hall–Kier alpha value is -1.13. The molecule has 1 fully saturated rings. The molecule has 0 unspecified atom stereocenters. The third-order valence-electron chi connectivity index (χ3n) is 5.43. The van der Waals surface area contributed by atoms with Gasteiger partial charge in [-0.05, 0) is 41.2 Å². The lowest BCUT2D eigenvalue weighted by Crippen LogP contribution is -2.14. The molecule has 1 saturated carbocycles. The second-order valence-electron chi connectivity index (χ2n) is 7.16. The topological polar surface area (TPSA) is 44.8 Å². The van der Waals surface area contributed by atoms with E-state index >= 15 is 0 Å². The third kappa shape index (κ3) is 5.07. The van der Waals surface area contributed by atoms with Crippen molar-refractivity contribution >= 4 is 28.8 Å². The fraction of sp³-hybridized carbons (Fsp3) is 0.455. The predicted octanol–water partition coefficient (Wildman–Crippen LogP) is 6.32. The second-order valence-corrected chi connectivity index (χ2v) is 9.93. The van der Waals surface area contributed by atoms with Gasteiger partial charge in [-0.15, -0.1) is 0 Å². The average Bonchev–Trinajstić information content (AvgIpc) is 3.27. The van der Waals surface area contributed by atoms with Crippen molar-refractivity contribution in [2.45, 2.75) is 37.4 Å². The van der Waals surface area contributed by atoms with Gasteiger partial charge < -0.3 is 13.8 Å². The number of rotatable bonds is 9. The lowest BCUT2D eigenvalue weighted by atomic mass is 10.0. The first-order chi connectivity index (χ1) is 13.6. The molecule has 0 aromatic heterocycles. The molecule has 2 aromatic rings. The Morgan fingerprint density at radius 3 is 2.25 bits per heavy atom. The van der Waals surface area contributed by atoms with E-state index in [-0.39, 0.29) is 0 Å². The third-order valence-corrected chi connectivity index (χ3v) is 7.98. The fourth-order valence-electron chi connectivity index (χ4n) is 3.73. The number of halogens is 1. The molecule has 1 aliphatic rings. The number of benzene rings is 2. The molecule has 1 aliphatic carbocycles. The highest BCUT2D eigenvalue weighted by atomic mass is 79.9. The van der Waals surface area contributed by atoms with Crippen molar-refractivity contribution in [3.63, 3.8) is 0 Å². The van der Waals surface area contributed by atoms with E-state index < -0.39 is 7.60 Å². The molecule has 0 aliphatic heterocycles. The molecule has 4 nitrogen and oxygen atoms in total. The normalized spacial score (nSPS) is 15.1. The maximum atomic E-state index is 13.1. The zero-order valence-electron chi connectivity index (χ0n) is 16.5. The molecule has 0 N–H and O–H groups in total. The zero-order chi connectivity index (χ0) is 20.0. The first-order valence-corrected chi connectivity index (χ1v) is 12.4. The molecule has 0 bridgehead atoms. The van der Waals surface area contributed by atoms with Crippen LogP contribution in [0.3, 0.4) is 0 Å². The van der Waals surface area contributed by atoms with E-state index in [2.05, 4.69) is 40.2 Å². The van der Waals surface area contributed by atoms with E-state index in [9.17, 15) is 4.57 Å². The van der Waals surface area contributed by atoms with Crippen molar-refractivity contribution in [2.24, 2.45) is 5.92 Å². The minimum Gasteiger partial charge on any atom is -0.493 e. The Labute approximate surface area is 176 Å².